The molecule has 0 bridgehead atoms. The normalized spacial score (nSPS) is 27.4. The quantitative estimate of drug-likeness (QED) is 0.768. The van der Waals surface area contributed by atoms with Crippen LogP contribution in [-0.2, 0) is 9.53 Å². The first-order valence-electron chi connectivity index (χ1n) is 6.06. The summed E-state index contributed by atoms with van der Waals surface area (Å²) in [5, 5.41) is 17.7. The van der Waals surface area contributed by atoms with Crippen molar-refractivity contribution in [2.75, 3.05) is 26.3 Å². The minimum Gasteiger partial charge on any atom is -0.481 e. The van der Waals surface area contributed by atoms with Crippen LogP contribution in [0.2, 0.25) is 0 Å². The van der Waals surface area contributed by atoms with E-state index in [-0.39, 0.29) is 17.9 Å². The van der Waals surface area contributed by atoms with Gasteiger partial charge in [-0.25, -0.2) is 0 Å². The highest BCUT2D eigenvalue weighted by Crippen LogP contribution is 2.49. The summed E-state index contributed by atoms with van der Waals surface area (Å²) in [6.07, 6.45) is 2.90. The first-order valence-corrected chi connectivity index (χ1v) is 6.06. The average Bonchev–Trinajstić information content (AvgIpc) is 3.01. The Hall–Kier alpha value is -1.12. The molecule has 2 rings (SSSR count). The maximum atomic E-state index is 10.8. The summed E-state index contributed by atoms with van der Waals surface area (Å²) < 4.78 is 5.34. The highest BCUT2D eigenvalue weighted by molar-refractivity contribution is 5.67. The van der Waals surface area contributed by atoms with Gasteiger partial charge in [0, 0.05) is 25.6 Å². The van der Waals surface area contributed by atoms with Crippen LogP contribution in [0.15, 0.2) is 0 Å². The fraction of sp³-hybridized carbons (Fsp3) is 0.833. The lowest BCUT2D eigenvalue weighted by atomic mass is 10.0. The van der Waals surface area contributed by atoms with Crippen LogP contribution in [0.5, 0.6) is 0 Å². The molecule has 5 heteroatoms. The Balaban J connectivity index is 1.92. The topological polar surface area (TPSA) is 73.6 Å². The zero-order valence-electron chi connectivity index (χ0n) is 9.89. The van der Waals surface area contributed by atoms with Gasteiger partial charge in [0.1, 0.15) is 0 Å². The molecule has 94 valence electrons. The number of morpholine rings is 1. The molecule has 2 aliphatic rings. The highest BCUT2D eigenvalue weighted by Gasteiger charge is 2.45. The summed E-state index contributed by atoms with van der Waals surface area (Å²) in [4.78, 5) is 13.0. The average molecular weight is 238 g/mol. The van der Waals surface area contributed by atoms with Crippen LogP contribution in [-0.4, -0.2) is 48.3 Å². The molecule has 1 saturated carbocycles. The Kier molecular flexibility index (Phi) is 3.65. The van der Waals surface area contributed by atoms with Crippen molar-refractivity contribution >= 4 is 5.97 Å². The second kappa shape index (κ2) is 5.03. The Morgan fingerprint density at radius 1 is 1.59 bits per heavy atom. The van der Waals surface area contributed by atoms with Gasteiger partial charge in [-0.1, -0.05) is 0 Å². The predicted molar refractivity (Wildman–Crippen MR) is 60.3 cm³/mol. The summed E-state index contributed by atoms with van der Waals surface area (Å²) in [6.45, 7) is 2.79. The predicted octanol–water partition coefficient (Wildman–Crippen LogP) is 0.856. The van der Waals surface area contributed by atoms with Gasteiger partial charge in [0.2, 0.25) is 0 Å². The minimum atomic E-state index is -0.782. The van der Waals surface area contributed by atoms with E-state index < -0.39 is 5.97 Å². The van der Waals surface area contributed by atoms with Gasteiger partial charge in [0.15, 0.2) is 0 Å². The third kappa shape index (κ3) is 3.18. The number of hydrogen-bond donors (Lipinski definition) is 1. The van der Waals surface area contributed by atoms with Crippen LogP contribution in [0.25, 0.3) is 0 Å². The van der Waals surface area contributed by atoms with E-state index in [1.165, 1.54) is 0 Å². The number of aliphatic carboxylic acids is 1. The maximum Gasteiger partial charge on any atom is 0.305 e. The lowest BCUT2D eigenvalue weighted by molar-refractivity contribution is -0.140. The zero-order valence-corrected chi connectivity index (χ0v) is 9.89. The third-order valence-electron chi connectivity index (χ3n) is 3.71. The van der Waals surface area contributed by atoms with Crippen molar-refractivity contribution in [1.82, 2.24) is 4.90 Å². The van der Waals surface area contributed by atoms with E-state index in [2.05, 4.69) is 11.0 Å². The first-order chi connectivity index (χ1) is 8.15. The number of nitriles is 1. The van der Waals surface area contributed by atoms with Crippen molar-refractivity contribution in [3.05, 3.63) is 0 Å². The van der Waals surface area contributed by atoms with Crippen molar-refractivity contribution in [2.24, 2.45) is 5.41 Å². The van der Waals surface area contributed by atoms with E-state index in [1.54, 1.807) is 0 Å². The van der Waals surface area contributed by atoms with Crippen LogP contribution in [0.3, 0.4) is 0 Å². The zero-order chi connectivity index (χ0) is 12.3. The fourth-order valence-corrected chi connectivity index (χ4v) is 2.45. The van der Waals surface area contributed by atoms with Crippen LogP contribution in [0.4, 0.5) is 0 Å². The monoisotopic (exact) mass is 238 g/mol. The lowest BCUT2D eigenvalue weighted by Gasteiger charge is -2.36. The van der Waals surface area contributed by atoms with Gasteiger partial charge in [-0.05, 0) is 18.3 Å². The van der Waals surface area contributed by atoms with E-state index in [0.29, 0.717) is 19.6 Å². The largest absolute Gasteiger partial charge is 0.481 e. The van der Waals surface area contributed by atoms with Gasteiger partial charge >= 0.3 is 5.97 Å². The van der Waals surface area contributed by atoms with Crippen molar-refractivity contribution in [3.8, 4) is 6.07 Å². The van der Waals surface area contributed by atoms with Gasteiger partial charge in [0.05, 0.1) is 25.7 Å². The molecule has 1 saturated heterocycles. The van der Waals surface area contributed by atoms with Crippen LogP contribution in [0, 0.1) is 16.7 Å². The van der Waals surface area contributed by atoms with E-state index in [1.807, 2.05) is 0 Å². The van der Waals surface area contributed by atoms with Crippen LogP contribution in [0.1, 0.15) is 25.7 Å². The van der Waals surface area contributed by atoms with Crippen LogP contribution < -0.4 is 0 Å². The van der Waals surface area contributed by atoms with Gasteiger partial charge in [-0.3, -0.25) is 9.69 Å². The number of hydrogen-bond acceptors (Lipinski definition) is 4. The molecular weight excluding hydrogens is 220 g/mol. The van der Waals surface area contributed by atoms with E-state index in [9.17, 15) is 4.79 Å². The van der Waals surface area contributed by atoms with Gasteiger partial charge in [-0.2, -0.15) is 5.26 Å². The smallest absolute Gasteiger partial charge is 0.305 e. The molecule has 1 atom stereocenters. The Morgan fingerprint density at radius 3 is 2.94 bits per heavy atom. The Labute approximate surface area is 101 Å². The summed E-state index contributed by atoms with van der Waals surface area (Å²) in [7, 11) is 0. The highest BCUT2D eigenvalue weighted by atomic mass is 16.5. The summed E-state index contributed by atoms with van der Waals surface area (Å²) in [5.41, 5.74) is 0.142. The molecule has 0 amide bonds. The van der Waals surface area contributed by atoms with Gasteiger partial charge < -0.3 is 9.84 Å². The SMILES string of the molecule is N#CCC1(CN2CCOCC2CC(=O)O)CC1. The van der Waals surface area contributed by atoms with Crippen molar-refractivity contribution < 1.29 is 14.6 Å². The molecular formula is C12H18N2O3. The van der Waals surface area contributed by atoms with Crippen molar-refractivity contribution in [2.45, 2.75) is 31.7 Å². The molecule has 0 aromatic rings. The van der Waals surface area contributed by atoms with E-state index in [4.69, 9.17) is 15.1 Å². The molecule has 1 aliphatic carbocycles. The minimum absolute atomic E-state index is 0.0302. The van der Waals surface area contributed by atoms with E-state index in [0.717, 1.165) is 25.9 Å². The van der Waals surface area contributed by atoms with Crippen molar-refractivity contribution in [1.29, 1.82) is 5.26 Å². The van der Waals surface area contributed by atoms with Crippen molar-refractivity contribution in [3.63, 3.8) is 0 Å². The second-order valence-corrected chi connectivity index (χ2v) is 5.13. The molecule has 2 fully saturated rings. The number of ether oxygens (including phenoxy) is 1. The number of carboxylic acid groups (broad SMARTS) is 1. The molecule has 0 aromatic carbocycles. The number of carboxylic acids is 1. The van der Waals surface area contributed by atoms with E-state index >= 15 is 0 Å². The molecule has 1 heterocycles. The Bertz CT molecular complexity index is 333. The molecule has 17 heavy (non-hydrogen) atoms. The fourth-order valence-electron chi connectivity index (χ4n) is 2.45. The molecule has 1 aliphatic heterocycles. The summed E-state index contributed by atoms with van der Waals surface area (Å²) in [6, 6.07) is 2.21. The summed E-state index contributed by atoms with van der Waals surface area (Å²) >= 11 is 0. The summed E-state index contributed by atoms with van der Waals surface area (Å²) in [5.74, 6) is -0.782. The molecule has 5 nitrogen and oxygen atoms in total. The molecule has 0 radical (unpaired) electrons. The number of carbonyl (C=O) groups is 1. The molecule has 0 aromatic heterocycles. The lowest BCUT2D eigenvalue weighted by Crippen LogP contribution is -2.48. The molecule has 1 unspecified atom stereocenters. The third-order valence-corrected chi connectivity index (χ3v) is 3.71. The number of nitrogens with zero attached hydrogens (tertiary/aromatic N) is 2. The van der Waals surface area contributed by atoms with Gasteiger partial charge in [0.25, 0.3) is 0 Å². The number of rotatable bonds is 5. The molecule has 0 spiro atoms. The maximum absolute atomic E-state index is 10.8. The first kappa shape index (κ1) is 12.3. The molecule has 1 N–H and O–H groups in total. The Morgan fingerprint density at radius 2 is 2.35 bits per heavy atom. The second-order valence-electron chi connectivity index (χ2n) is 5.13. The van der Waals surface area contributed by atoms with Crippen LogP contribution >= 0.6 is 0 Å². The standard InChI is InChI=1S/C12H18N2O3/c13-4-3-12(1-2-12)9-14-5-6-17-8-10(14)7-11(15)16/h10H,1-3,5-9H2,(H,15,16). The van der Waals surface area contributed by atoms with Gasteiger partial charge in [-0.15, -0.1) is 0 Å².